The molecule has 0 radical (unpaired) electrons. The van der Waals surface area contributed by atoms with Gasteiger partial charge in [0.25, 0.3) is 10.0 Å². The molecule has 2 aromatic carbocycles. The minimum absolute atomic E-state index is 0.217. The molecule has 7 heteroatoms. The van der Waals surface area contributed by atoms with Crippen LogP contribution in [0.5, 0.6) is 0 Å². The fraction of sp³-hybridized carbons (Fsp3) is 0.211. The number of sulfonamides is 1. The van der Waals surface area contributed by atoms with Crippen LogP contribution >= 0.6 is 11.6 Å². The Balaban J connectivity index is 1.72. The van der Waals surface area contributed by atoms with Gasteiger partial charge in [-0.15, -0.1) is 0 Å². The number of aromatic nitrogens is 2. The molecule has 0 saturated carbocycles. The zero-order valence-corrected chi connectivity index (χ0v) is 16.1. The van der Waals surface area contributed by atoms with Crippen LogP contribution in [0.15, 0.2) is 65.7 Å². The highest BCUT2D eigenvalue weighted by atomic mass is 35.5. The Morgan fingerprint density at radius 1 is 1.04 bits per heavy atom. The van der Waals surface area contributed by atoms with E-state index in [9.17, 15) is 8.42 Å². The zero-order chi connectivity index (χ0) is 18.7. The highest BCUT2D eigenvalue weighted by molar-refractivity contribution is 7.92. The Bertz CT molecular complexity index is 978. The van der Waals surface area contributed by atoms with E-state index in [1.165, 1.54) is 0 Å². The molecule has 0 fully saturated rings. The smallest absolute Gasteiger partial charge is 0.263 e. The average Bonchev–Trinajstić information content (AvgIpc) is 3.03. The van der Waals surface area contributed by atoms with E-state index < -0.39 is 10.0 Å². The molecule has 1 aromatic heterocycles. The molecule has 5 nitrogen and oxygen atoms in total. The van der Waals surface area contributed by atoms with Crippen LogP contribution in [0.1, 0.15) is 30.9 Å². The maximum absolute atomic E-state index is 12.5. The van der Waals surface area contributed by atoms with E-state index in [-0.39, 0.29) is 10.7 Å². The Labute approximate surface area is 158 Å². The number of anilines is 1. The fourth-order valence-corrected chi connectivity index (χ4v) is 3.63. The molecule has 26 heavy (non-hydrogen) atoms. The molecule has 0 aliphatic carbocycles. The largest absolute Gasteiger partial charge is 0.266 e. The van der Waals surface area contributed by atoms with Crippen LogP contribution in [0.2, 0.25) is 5.02 Å². The zero-order valence-electron chi connectivity index (χ0n) is 14.6. The normalized spacial score (nSPS) is 11.7. The lowest BCUT2D eigenvalue weighted by Crippen LogP contribution is -2.14. The first-order valence-corrected chi connectivity index (χ1v) is 10.1. The van der Waals surface area contributed by atoms with E-state index in [0.717, 1.165) is 11.1 Å². The summed E-state index contributed by atoms with van der Waals surface area (Å²) >= 11 is 5.88. The van der Waals surface area contributed by atoms with Crippen molar-refractivity contribution in [3.05, 3.63) is 76.9 Å². The molecule has 1 heterocycles. The quantitative estimate of drug-likeness (QED) is 0.674. The van der Waals surface area contributed by atoms with Crippen LogP contribution in [0.4, 0.5) is 5.82 Å². The molecule has 1 N–H and O–H groups in total. The van der Waals surface area contributed by atoms with Gasteiger partial charge >= 0.3 is 0 Å². The molecule has 3 aromatic rings. The minimum Gasteiger partial charge on any atom is -0.266 e. The Morgan fingerprint density at radius 2 is 1.69 bits per heavy atom. The summed E-state index contributed by atoms with van der Waals surface area (Å²) in [6.45, 7) is 4.66. The van der Waals surface area contributed by atoms with Crippen LogP contribution in [0.3, 0.4) is 0 Å². The van der Waals surface area contributed by atoms with Gasteiger partial charge in [0, 0.05) is 17.3 Å². The van der Waals surface area contributed by atoms with Crippen molar-refractivity contribution in [1.82, 2.24) is 9.78 Å². The van der Waals surface area contributed by atoms with Gasteiger partial charge in [0.15, 0.2) is 5.82 Å². The highest BCUT2D eigenvalue weighted by Gasteiger charge is 2.16. The SMILES string of the molecule is CC(C)c1ccc(S(=O)(=O)Nc2ccn(Cc3ccc(Cl)cc3)n2)cc1. The van der Waals surface area contributed by atoms with Crippen molar-refractivity contribution in [2.75, 3.05) is 4.72 Å². The fourth-order valence-electron chi connectivity index (χ4n) is 2.51. The second kappa shape index (κ2) is 7.51. The Morgan fingerprint density at radius 3 is 2.31 bits per heavy atom. The maximum Gasteiger partial charge on any atom is 0.263 e. The third-order valence-electron chi connectivity index (χ3n) is 3.99. The number of rotatable bonds is 6. The summed E-state index contributed by atoms with van der Waals surface area (Å²) in [6.07, 6.45) is 1.73. The van der Waals surface area contributed by atoms with Crippen molar-refractivity contribution < 1.29 is 8.42 Å². The molecular weight excluding hydrogens is 370 g/mol. The molecule has 0 unspecified atom stereocenters. The summed E-state index contributed by atoms with van der Waals surface area (Å²) < 4.78 is 29.2. The summed E-state index contributed by atoms with van der Waals surface area (Å²) in [4.78, 5) is 0.217. The number of benzene rings is 2. The van der Waals surface area contributed by atoms with Crippen molar-refractivity contribution in [2.45, 2.75) is 31.2 Å². The van der Waals surface area contributed by atoms with Crippen LogP contribution in [-0.4, -0.2) is 18.2 Å². The second-order valence-corrected chi connectivity index (χ2v) is 8.47. The number of hydrogen-bond donors (Lipinski definition) is 1. The number of hydrogen-bond acceptors (Lipinski definition) is 3. The number of nitrogens with zero attached hydrogens (tertiary/aromatic N) is 2. The van der Waals surface area contributed by atoms with Crippen molar-refractivity contribution in [3.8, 4) is 0 Å². The third-order valence-corrected chi connectivity index (χ3v) is 5.62. The van der Waals surface area contributed by atoms with Crippen molar-refractivity contribution in [3.63, 3.8) is 0 Å². The molecule has 136 valence electrons. The van der Waals surface area contributed by atoms with Crippen molar-refractivity contribution in [1.29, 1.82) is 0 Å². The summed E-state index contributed by atoms with van der Waals surface area (Å²) in [5, 5.41) is 4.95. The van der Waals surface area contributed by atoms with Crippen molar-refractivity contribution >= 4 is 27.4 Å². The second-order valence-electron chi connectivity index (χ2n) is 6.35. The predicted octanol–water partition coefficient (Wildman–Crippen LogP) is 4.51. The van der Waals surface area contributed by atoms with Crippen LogP contribution < -0.4 is 4.72 Å². The van der Waals surface area contributed by atoms with Gasteiger partial charge in [-0.1, -0.05) is 49.7 Å². The molecule has 0 amide bonds. The van der Waals surface area contributed by atoms with E-state index in [1.807, 2.05) is 36.4 Å². The number of halogens is 1. The van der Waals surface area contributed by atoms with Crippen LogP contribution in [0, 0.1) is 0 Å². The monoisotopic (exact) mass is 389 g/mol. The van der Waals surface area contributed by atoms with E-state index in [2.05, 4.69) is 23.7 Å². The molecule has 0 atom stereocenters. The standard InChI is InChI=1S/C19H20ClN3O2S/c1-14(2)16-5-9-18(10-6-16)26(24,25)22-19-11-12-23(21-19)13-15-3-7-17(20)8-4-15/h3-12,14H,13H2,1-2H3,(H,21,22). The third kappa shape index (κ3) is 4.45. The lowest BCUT2D eigenvalue weighted by molar-refractivity contribution is 0.600. The molecule has 3 rings (SSSR count). The Kier molecular flexibility index (Phi) is 5.34. The summed E-state index contributed by atoms with van der Waals surface area (Å²) in [5.74, 6) is 0.634. The van der Waals surface area contributed by atoms with Gasteiger partial charge in [-0.2, -0.15) is 5.10 Å². The topological polar surface area (TPSA) is 64.0 Å². The maximum atomic E-state index is 12.5. The average molecular weight is 390 g/mol. The summed E-state index contributed by atoms with van der Waals surface area (Å²) in [6, 6.07) is 16.0. The van der Waals surface area contributed by atoms with Crippen LogP contribution in [0.25, 0.3) is 0 Å². The molecule has 0 aliphatic rings. The molecule has 0 bridgehead atoms. The van der Waals surface area contributed by atoms with Gasteiger partial charge in [-0.05, 0) is 41.3 Å². The van der Waals surface area contributed by atoms with E-state index in [4.69, 9.17) is 11.6 Å². The van der Waals surface area contributed by atoms with Gasteiger partial charge < -0.3 is 0 Å². The summed E-state index contributed by atoms with van der Waals surface area (Å²) in [7, 11) is -3.66. The van der Waals surface area contributed by atoms with Gasteiger partial charge in [-0.3, -0.25) is 9.40 Å². The molecule has 0 spiro atoms. The molecule has 0 saturated heterocycles. The van der Waals surface area contributed by atoms with Gasteiger partial charge in [-0.25, -0.2) is 8.42 Å². The Hall–Kier alpha value is -2.31. The van der Waals surface area contributed by atoms with E-state index >= 15 is 0 Å². The van der Waals surface area contributed by atoms with Crippen molar-refractivity contribution in [2.24, 2.45) is 0 Å². The van der Waals surface area contributed by atoms with E-state index in [0.29, 0.717) is 17.5 Å². The molecular formula is C19H20ClN3O2S. The number of nitrogens with one attached hydrogen (secondary N) is 1. The highest BCUT2D eigenvalue weighted by Crippen LogP contribution is 2.19. The molecule has 0 aliphatic heterocycles. The van der Waals surface area contributed by atoms with Gasteiger partial charge in [0.05, 0.1) is 11.4 Å². The lowest BCUT2D eigenvalue weighted by atomic mass is 10.0. The first kappa shape index (κ1) is 18.5. The minimum atomic E-state index is -3.66. The first-order chi connectivity index (χ1) is 12.3. The first-order valence-electron chi connectivity index (χ1n) is 8.24. The van der Waals surface area contributed by atoms with Gasteiger partial charge in [0.2, 0.25) is 0 Å². The predicted molar refractivity (Wildman–Crippen MR) is 104 cm³/mol. The summed E-state index contributed by atoms with van der Waals surface area (Å²) in [5.41, 5.74) is 2.12. The van der Waals surface area contributed by atoms with Gasteiger partial charge in [0.1, 0.15) is 0 Å². The lowest BCUT2D eigenvalue weighted by Gasteiger charge is -2.08. The van der Waals surface area contributed by atoms with Crippen LogP contribution in [-0.2, 0) is 16.6 Å². The van der Waals surface area contributed by atoms with E-state index in [1.54, 1.807) is 29.1 Å².